The van der Waals surface area contributed by atoms with Crippen LogP contribution in [0, 0.1) is 6.92 Å². The summed E-state index contributed by atoms with van der Waals surface area (Å²) in [6.07, 6.45) is 0.366. The molecule has 0 aliphatic rings. The van der Waals surface area contributed by atoms with E-state index in [1.165, 1.54) is 16.6 Å². The Hall–Kier alpha value is -1.68. The summed E-state index contributed by atoms with van der Waals surface area (Å²) in [5, 5.41) is 4.78. The minimum absolute atomic E-state index is 0.316. The second-order valence-electron chi connectivity index (χ2n) is 7.38. The fourth-order valence-corrected chi connectivity index (χ4v) is 3.16. The van der Waals surface area contributed by atoms with Gasteiger partial charge in [-0.25, -0.2) is 4.79 Å². The minimum Gasteiger partial charge on any atom is -0.444 e. The van der Waals surface area contributed by atoms with Gasteiger partial charge in [0.25, 0.3) is 0 Å². The number of rotatable bonds is 4. The molecule has 0 aliphatic carbocycles. The first-order valence-corrected chi connectivity index (χ1v) is 8.73. The lowest BCUT2D eigenvalue weighted by atomic mass is 10.1. The van der Waals surface area contributed by atoms with Crippen LogP contribution in [-0.2, 0) is 11.2 Å². The molecule has 4 nitrogen and oxygen atoms in total. The van der Waals surface area contributed by atoms with Crippen molar-refractivity contribution < 1.29 is 9.53 Å². The molecule has 2 rings (SSSR count). The molecule has 1 amide bonds. The van der Waals surface area contributed by atoms with Gasteiger partial charge in [0.1, 0.15) is 5.60 Å². The highest BCUT2D eigenvalue weighted by Crippen LogP contribution is 2.31. The van der Waals surface area contributed by atoms with Crippen molar-refractivity contribution in [1.82, 2.24) is 9.88 Å². The van der Waals surface area contributed by atoms with E-state index in [0.717, 1.165) is 17.0 Å². The van der Waals surface area contributed by atoms with Crippen molar-refractivity contribution in [2.24, 2.45) is 0 Å². The van der Waals surface area contributed by atoms with Gasteiger partial charge in [-0.15, -0.1) is 0 Å². The Morgan fingerprint density at radius 2 is 2.00 bits per heavy atom. The molecule has 1 heterocycles. The van der Waals surface area contributed by atoms with Crippen LogP contribution in [0.3, 0.4) is 0 Å². The number of halogens is 1. The highest BCUT2D eigenvalue weighted by Gasteiger charge is 2.18. The zero-order chi connectivity index (χ0) is 18.1. The molecule has 0 fully saturated rings. The second kappa shape index (κ2) is 7.06. The summed E-state index contributed by atoms with van der Waals surface area (Å²) >= 11 is 6.18. The number of benzene rings is 1. The van der Waals surface area contributed by atoms with Gasteiger partial charge in [0.15, 0.2) is 0 Å². The molecule has 0 spiro atoms. The summed E-state index contributed by atoms with van der Waals surface area (Å²) in [7, 11) is 0. The highest BCUT2D eigenvalue weighted by molar-refractivity contribution is 6.31. The number of fused-ring (bicyclic) bond motifs is 1. The molecular formula is C19H27ClN2O2. The molecule has 24 heavy (non-hydrogen) atoms. The molecule has 0 saturated heterocycles. The fraction of sp³-hybridized carbons (Fsp3) is 0.526. The third-order valence-electron chi connectivity index (χ3n) is 3.89. The predicted molar refractivity (Wildman–Crippen MR) is 100 cm³/mol. The number of carbonyl (C=O) groups is 1. The zero-order valence-electron chi connectivity index (χ0n) is 15.4. The lowest BCUT2D eigenvalue weighted by Gasteiger charge is -2.20. The van der Waals surface area contributed by atoms with Crippen molar-refractivity contribution in [2.75, 3.05) is 6.54 Å². The van der Waals surface area contributed by atoms with Crippen LogP contribution in [0.5, 0.6) is 0 Å². The average molecular weight is 351 g/mol. The van der Waals surface area contributed by atoms with Crippen molar-refractivity contribution in [2.45, 2.75) is 59.6 Å². The molecule has 132 valence electrons. The van der Waals surface area contributed by atoms with Gasteiger partial charge in [0.2, 0.25) is 0 Å². The molecule has 0 bridgehead atoms. The molecule has 0 unspecified atom stereocenters. The molecule has 0 saturated carbocycles. The van der Waals surface area contributed by atoms with E-state index in [4.69, 9.17) is 16.3 Å². The first kappa shape index (κ1) is 18.7. The van der Waals surface area contributed by atoms with Crippen LogP contribution >= 0.6 is 11.6 Å². The number of carbonyl (C=O) groups excluding carboxylic acids is 1. The van der Waals surface area contributed by atoms with Gasteiger partial charge in [0, 0.05) is 35.1 Å². The van der Waals surface area contributed by atoms with Gasteiger partial charge in [-0.3, -0.25) is 0 Å². The van der Waals surface area contributed by atoms with Crippen molar-refractivity contribution in [1.29, 1.82) is 0 Å². The van der Waals surface area contributed by atoms with Gasteiger partial charge in [-0.1, -0.05) is 17.7 Å². The highest BCUT2D eigenvalue weighted by atomic mass is 35.5. The predicted octanol–water partition coefficient (Wildman–Crippen LogP) is 5.25. The van der Waals surface area contributed by atoms with Crippen LogP contribution < -0.4 is 5.32 Å². The number of hydrogen-bond acceptors (Lipinski definition) is 2. The Bertz CT molecular complexity index is 742. The van der Waals surface area contributed by atoms with Gasteiger partial charge < -0.3 is 14.6 Å². The number of aromatic nitrogens is 1. The Labute approximate surface area is 149 Å². The molecule has 0 radical (unpaired) electrons. The molecule has 1 N–H and O–H groups in total. The van der Waals surface area contributed by atoms with E-state index < -0.39 is 5.60 Å². The number of nitrogens with zero attached hydrogens (tertiary/aromatic N) is 1. The summed E-state index contributed by atoms with van der Waals surface area (Å²) in [4.78, 5) is 11.8. The number of ether oxygens (including phenoxy) is 1. The number of alkyl carbamates (subject to hydrolysis) is 1. The average Bonchev–Trinajstić information content (AvgIpc) is 2.69. The van der Waals surface area contributed by atoms with Gasteiger partial charge in [-0.05, 0) is 59.2 Å². The number of hydrogen-bond donors (Lipinski definition) is 1. The van der Waals surface area contributed by atoms with Crippen molar-refractivity contribution >= 4 is 28.6 Å². The third kappa shape index (κ3) is 4.23. The van der Waals surface area contributed by atoms with Gasteiger partial charge in [-0.2, -0.15) is 0 Å². The second-order valence-corrected chi connectivity index (χ2v) is 7.81. The maximum Gasteiger partial charge on any atom is 0.407 e. The van der Waals surface area contributed by atoms with Crippen molar-refractivity contribution in [3.05, 3.63) is 34.5 Å². The molecule has 2 aromatic rings. The van der Waals surface area contributed by atoms with E-state index in [-0.39, 0.29) is 6.09 Å². The largest absolute Gasteiger partial charge is 0.444 e. The molecule has 5 heteroatoms. The number of nitrogens with one attached hydrogen (secondary N) is 1. The molecule has 0 aliphatic heterocycles. The van der Waals surface area contributed by atoms with Crippen LogP contribution in [0.15, 0.2) is 18.2 Å². The van der Waals surface area contributed by atoms with Crippen LogP contribution in [-0.4, -0.2) is 22.8 Å². The Morgan fingerprint density at radius 3 is 2.58 bits per heavy atom. The maximum absolute atomic E-state index is 11.8. The maximum atomic E-state index is 11.8. The van der Waals surface area contributed by atoms with E-state index >= 15 is 0 Å². The third-order valence-corrected chi connectivity index (χ3v) is 4.13. The van der Waals surface area contributed by atoms with Gasteiger partial charge in [0.05, 0.1) is 5.52 Å². The minimum atomic E-state index is -0.483. The Morgan fingerprint density at radius 1 is 1.33 bits per heavy atom. The molecule has 0 atom stereocenters. The van der Waals surface area contributed by atoms with E-state index in [2.05, 4.69) is 36.7 Å². The standard InChI is InChI=1S/C19H27ClN2O2/c1-12(2)22-16(9-10-21-18(23)24-19(4,5)6)13(3)15-8-7-14(20)11-17(15)22/h7-8,11-12H,9-10H2,1-6H3,(H,21,23). The van der Waals surface area contributed by atoms with Crippen LogP contribution in [0.1, 0.15) is 51.9 Å². The molecular weight excluding hydrogens is 324 g/mol. The lowest BCUT2D eigenvalue weighted by molar-refractivity contribution is 0.0528. The Balaban J connectivity index is 2.21. The summed E-state index contributed by atoms with van der Waals surface area (Å²) in [5.74, 6) is 0. The molecule has 1 aromatic heterocycles. The summed E-state index contributed by atoms with van der Waals surface area (Å²) in [6, 6.07) is 6.31. The zero-order valence-corrected chi connectivity index (χ0v) is 16.1. The first-order valence-electron chi connectivity index (χ1n) is 8.36. The summed E-state index contributed by atoms with van der Waals surface area (Å²) in [5.41, 5.74) is 3.12. The SMILES string of the molecule is Cc1c(CCNC(=O)OC(C)(C)C)n(C(C)C)c2cc(Cl)ccc12. The van der Waals surface area contributed by atoms with Crippen molar-refractivity contribution in [3.8, 4) is 0 Å². The molecule has 1 aromatic carbocycles. The van der Waals surface area contributed by atoms with Crippen molar-refractivity contribution in [3.63, 3.8) is 0 Å². The monoisotopic (exact) mass is 350 g/mol. The van der Waals surface area contributed by atoms with E-state index in [1.54, 1.807) is 0 Å². The van der Waals surface area contributed by atoms with E-state index in [1.807, 2.05) is 32.9 Å². The summed E-state index contributed by atoms with van der Waals surface area (Å²) < 4.78 is 7.58. The number of aryl methyl sites for hydroxylation is 1. The smallest absolute Gasteiger partial charge is 0.407 e. The van der Waals surface area contributed by atoms with E-state index in [9.17, 15) is 4.79 Å². The first-order chi connectivity index (χ1) is 11.1. The topological polar surface area (TPSA) is 43.3 Å². The summed E-state index contributed by atoms with van der Waals surface area (Å²) in [6.45, 7) is 12.5. The van der Waals surface area contributed by atoms with Crippen LogP contribution in [0.4, 0.5) is 4.79 Å². The lowest BCUT2D eigenvalue weighted by Crippen LogP contribution is -2.33. The normalized spacial score (nSPS) is 12.0. The van der Waals surface area contributed by atoms with Gasteiger partial charge >= 0.3 is 6.09 Å². The van der Waals surface area contributed by atoms with E-state index in [0.29, 0.717) is 12.6 Å². The quantitative estimate of drug-likeness (QED) is 0.818. The number of amides is 1. The fourth-order valence-electron chi connectivity index (χ4n) is 3.00. The Kier molecular flexibility index (Phi) is 5.49. The van der Waals surface area contributed by atoms with Crippen LogP contribution in [0.25, 0.3) is 10.9 Å². The van der Waals surface area contributed by atoms with Crippen LogP contribution in [0.2, 0.25) is 5.02 Å².